The second-order valence-corrected chi connectivity index (χ2v) is 7.33. The molecule has 1 aromatic carbocycles. The first kappa shape index (κ1) is 18.5. The molecule has 24 heavy (non-hydrogen) atoms. The Hall–Kier alpha value is -1.79. The predicted octanol–water partition coefficient (Wildman–Crippen LogP) is 2.85. The van der Waals surface area contributed by atoms with Crippen molar-refractivity contribution in [3.63, 3.8) is 0 Å². The minimum atomic E-state index is -1.03. The number of hydrogen-bond donors (Lipinski definition) is 1. The molecule has 6 nitrogen and oxygen atoms in total. The van der Waals surface area contributed by atoms with Crippen LogP contribution in [0.25, 0.3) is 0 Å². The summed E-state index contributed by atoms with van der Waals surface area (Å²) in [5.74, 6) is -1.03. The van der Waals surface area contributed by atoms with E-state index in [0.717, 1.165) is 5.56 Å². The van der Waals surface area contributed by atoms with Crippen molar-refractivity contribution in [1.82, 2.24) is 9.80 Å². The number of benzene rings is 1. The average Bonchev–Trinajstić information content (AvgIpc) is 2.45. The lowest BCUT2D eigenvalue weighted by molar-refractivity contribution is -0.145. The van der Waals surface area contributed by atoms with Gasteiger partial charge in [0.1, 0.15) is 11.6 Å². The molecule has 1 aliphatic heterocycles. The quantitative estimate of drug-likeness (QED) is 0.903. The van der Waals surface area contributed by atoms with Gasteiger partial charge in [-0.15, -0.1) is 0 Å². The zero-order chi connectivity index (χ0) is 17.9. The van der Waals surface area contributed by atoms with Gasteiger partial charge in [-0.1, -0.05) is 23.7 Å². The Bertz CT molecular complexity index is 615. The van der Waals surface area contributed by atoms with Crippen molar-refractivity contribution >= 4 is 23.7 Å². The van der Waals surface area contributed by atoms with E-state index in [4.69, 9.17) is 16.3 Å². The number of hydrogen-bond acceptors (Lipinski definition) is 4. The number of carbonyl (C=O) groups excluding carboxylic acids is 1. The Balaban J connectivity index is 2.05. The van der Waals surface area contributed by atoms with Crippen LogP contribution in [0.15, 0.2) is 24.3 Å². The summed E-state index contributed by atoms with van der Waals surface area (Å²) in [4.78, 5) is 27.1. The molecule has 1 saturated heterocycles. The lowest BCUT2D eigenvalue weighted by Gasteiger charge is -2.39. The molecule has 0 radical (unpaired) electrons. The van der Waals surface area contributed by atoms with Crippen LogP contribution in [0.5, 0.6) is 0 Å². The highest BCUT2D eigenvalue weighted by atomic mass is 35.5. The van der Waals surface area contributed by atoms with Gasteiger partial charge in [0.15, 0.2) is 0 Å². The third-order valence-corrected chi connectivity index (χ3v) is 3.91. The highest BCUT2D eigenvalue weighted by molar-refractivity contribution is 6.30. The fourth-order valence-electron chi connectivity index (χ4n) is 2.63. The molecular formula is C17H23ClN2O4. The van der Waals surface area contributed by atoms with Gasteiger partial charge in [-0.3, -0.25) is 9.80 Å². The number of rotatable bonds is 3. The lowest BCUT2D eigenvalue weighted by atomic mass is 10.1. The third-order valence-electron chi connectivity index (χ3n) is 3.67. The van der Waals surface area contributed by atoms with Gasteiger partial charge in [-0.25, -0.2) is 9.59 Å². The molecule has 2 rings (SSSR count). The van der Waals surface area contributed by atoms with Gasteiger partial charge in [-0.05, 0) is 38.5 Å². The van der Waals surface area contributed by atoms with Crippen molar-refractivity contribution < 1.29 is 19.4 Å². The van der Waals surface area contributed by atoms with Gasteiger partial charge in [0.25, 0.3) is 0 Å². The van der Waals surface area contributed by atoms with E-state index >= 15 is 0 Å². The van der Waals surface area contributed by atoms with Crippen molar-refractivity contribution in [2.75, 3.05) is 19.6 Å². The summed E-state index contributed by atoms with van der Waals surface area (Å²) in [7, 11) is 0. The topological polar surface area (TPSA) is 70.1 Å². The van der Waals surface area contributed by atoms with E-state index in [2.05, 4.69) is 0 Å². The fraction of sp³-hybridized carbons (Fsp3) is 0.529. The molecule has 0 aliphatic carbocycles. The largest absolute Gasteiger partial charge is 0.480 e. The molecule has 1 fully saturated rings. The Morgan fingerprint density at radius 2 is 2.04 bits per heavy atom. The van der Waals surface area contributed by atoms with E-state index in [1.807, 2.05) is 23.1 Å². The Morgan fingerprint density at radius 3 is 2.62 bits per heavy atom. The Labute approximate surface area is 146 Å². The molecule has 7 heteroatoms. The minimum absolute atomic E-state index is 0.251. The number of ether oxygens (including phenoxy) is 1. The molecule has 0 saturated carbocycles. The van der Waals surface area contributed by atoms with E-state index in [1.54, 1.807) is 26.8 Å². The smallest absolute Gasteiger partial charge is 0.411 e. The van der Waals surface area contributed by atoms with Crippen LogP contribution in [-0.4, -0.2) is 58.2 Å². The molecule has 0 aromatic heterocycles. The van der Waals surface area contributed by atoms with Crippen molar-refractivity contribution in [2.45, 2.75) is 39.0 Å². The normalized spacial score (nSPS) is 19.2. The maximum atomic E-state index is 12.2. The SMILES string of the molecule is CC(C)(C)OC(=O)N1CCN(Cc2cccc(Cl)c2)C[C@@H]1C(=O)O. The first-order valence-corrected chi connectivity index (χ1v) is 8.23. The number of halogens is 1. The lowest BCUT2D eigenvalue weighted by Crippen LogP contribution is -2.58. The zero-order valence-electron chi connectivity index (χ0n) is 14.2. The third kappa shape index (κ3) is 5.11. The number of aliphatic carboxylic acids is 1. The zero-order valence-corrected chi connectivity index (χ0v) is 14.9. The summed E-state index contributed by atoms with van der Waals surface area (Å²) in [6.07, 6.45) is -0.586. The molecule has 1 amide bonds. The maximum absolute atomic E-state index is 12.2. The molecule has 1 atom stereocenters. The molecule has 132 valence electrons. The second kappa shape index (κ2) is 7.40. The number of amides is 1. The number of carbonyl (C=O) groups is 2. The van der Waals surface area contributed by atoms with Crippen LogP contribution < -0.4 is 0 Å². The first-order chi connectivity index (χ1) is 11.2. The van der Waals surface area contributed by atoms with E-state index in [-0.39, 0.29) is 6.54 Å². The van der Waals surface area contributed by atoms with Gasteiger partial charge in [0, 0.05) is 31.2 Å². The van der Waals surface area contributed by atoms with Crippen LogP contribution >= 0.6 is 11.6 Å². The summed E-state index contributed by atoms with van der Waals surface area (Å²) in [5, 5.41) is 10.1. The predicted molar refractivity (Wildman–Crippen MR) is 91.1 cm³/mol. The Kier molecular flexibility index (Phi) is 5.72. The molecule has 1 aromatic rings. The van der Waals surface area contributed by atoms with Crippen molar-refractivity contribution in [3.05, 3.63) is 34.9 Å². The van der Waals surface area contributed by atoms with Crippen molar-refractivity contribution in [2.24, 2.45) is 0 Å². The van der Waals surface area contributed by atoms with Gasteiger partial charge < -0.3 is 9.84 Å². The monoisotopic (exact) mass is 354 g/mol. The molecular weight excluding hydrogens is 332 g/mol. The number of nitrogens with zero attached hydrogens (tertiary/aromatic N) is 2. The minimum Gasteiger partial charge on any atom is -0.480 e. The van der Waals surface area contributed by atoms with Crippen LogP contribution in [0.1, 0.15) is 26.3 Å². The van der Waals surface area contributed by atoms with Gasteiger partial charge in [0.2, 0.25) is 0 Å². The van der Waals surface area contributed by atoms with Gasteiger partial charge in [-0.2, -0.15) is 0 Å². The van der Waals surface area contributed by atoms with Crippen LogP contribution in [-0.2, 0) is 16.1 Å². The molecule has 1 N–H and O–H groups in total. The van der Waals surface area contributed by atoms with Crippen molar-refractivity contribution in [3.8, 4) is 0 Å². The van der Waals surface area contributed by atoms with E-state index in [0.29, 0.717) is 24.7 Å². The number of carboxylic acids is 1. The first-order valence-electron chi connectivity index (χ1n) is 7.85. The van der Waals surface area contributed by atoms with E-state index < -0.39 is 23.7 Å². The van der Waals surface area contributed by atoms with Crippen LogP contribution in [0.3, 0.4) is 0 Å². The summed E-state index contributed by atoms with van der Waals surface area (Å²) in [5.41, 5.74) is 0.357. The van der Waals surface area contributed by atoms with Crippen LogP contribution in [0, 0.1) is 0 Å². The van der Waals surface area contributed by atoms with Gasteiger partial charge >= 0.3 is 12.1 Å². The van der Waals surface area contributed by atoms with Crippen molar-refractivity contribution in [1.29, 1.82) is 0 Å². The molecule has 0 spiro atoms. The van der Waals surface area contributed by atoms with E-state index in [9.17, 15) is 14.7 Å². The van der Waals surface area contributed by atoms with Gasteiger partial charge in [0.05, 0.1) is 0 Å². The number of piperazine rings is 1. The summed E-state index contributed by atoms with van der Waals surface area (Å²) in [6.45, 7) is 7.01. The summed E-state index contributed by atoms with van der Waals surface area (Å²) in [6, 6.07) is 6.54. The standard InChI is InChI=1S/C17H23ClN2O4/c1-17(2,3)24-16(23)20-8-7-19(11-14(20)15(21)22)10-12-5-4-6-13(18)9-12/h4-6,9,14H,7-8,10-11H2,1-3H3,(H,21,22)/t14-/m1/s1. The van der Waals surface area contributed by atoms with E-state index in [1.165, 1.54) is 4.90 Å². The number of carboxylic acid groups (broad SMARTS) is 1. The Morgan fingerprint density at radius 1 is 1.33 bits per heavy atom. The highest BCUT2D eigenvalue weighted by Crippen LogP contribution is 2.19. The molecule has 1 heterocycles. The summed E-state index contributed by atoms with van der Waals surface area (Å²) >= 11 is 5.99. The van der Waals surface area contributed by atoms with Crippen LogP contribution in [0.2, 0.25) is 5.02 Å². The highest BCUT2D eigenvalue weighted by Gasteiger charge is 2.37. The maximum Gasteiger partial charge on any atom is 0.411 e. The summed E-state index contributed by atoms with van der Waals surface area (Å²) < 4.78 is 5.31. The van der Waals surface area contributed by atoms with Crippen LogP contribution in [0.4, 0.5) is 4.79 Å². The molecule has 0 bridgehead atoms. The molecule has 1 aliphatic rings. The average molecular weight is 355 g/mol. The fourth-order valence-corrected chi connectivity index (χ4v) is 2.84. The molecule has 0 unspecified atom stereocenters. The second-order valence-electron chi connectivity index (χ2n) is 6.89.